The quantitative estimate of drug-likeness (QED) is 0.658. The molecule has 1 saturated carbocycles. The van der Waals surface area contributed by atoms with Gasteiger partial charge in [-0.15, -0.1) is 0 Å². The predicted octanol–water partition coefficient (Wildman–Crippen LogP) is 3.53. The molecule has 0 saturated heterocycles. The molecule has 2 amide bonds. The van der Waals surface area contributed by atoms with Crippen molar-refractivity contribution in [1.82, 2.24) is 10.9 Å². The first-order valence-corrected chi connectivity index (χ1v) is 8.04. The van der Waals surface area contributed by atoms with Crippen LogP contribution in [0.5, 0.6) is 0 Å². The average molecular weight is 345 g/mol. The van der Waals surface area contributed by atoms with E-state index in [0.29, 0.717) is 28.2 Å². The molecule has 5 nitrogen and oxygen atoms in total. The fourth-order valence-electron chi connectivity index (χ4n) is 2.37. The van der Waals surface area contributed by atoms with Gasteiger partial charge >= 0.3 is 0 Å². The molecule has 2 N–H and O–H groups in total. The van der Waals surface area contributed by atoms with E-state index in [4.69, 9.17) is 16.0 Å². The van der Waals surface area contributed by atoms with Crippen LogP contribution in [0.4, 0.5) is 0 Å². The summed E-state index contributed by atoms with van der Waals surface area (Å²) >= 11 is 5.76. The topological polar surface area (TPSA) is 71.3 Å². The van der Waals surface area contributed by atoms with Crippen LogP contribution < -0.4 is 10.9 Å². The van der Waals surface area contributed by atoms with E-state index in [9.17, 15) is 9.59 Å². The lowest BCUT2D eigenvalue weighted by molar-refractivity contribution is -0.117. The minimum absolute atomic E-state index is 0.401. The van der Waals surface area contributed by atoms with E-state index in [2.05, 4.69) is 17.8 Å². The molecule has 1 aliphatic carbocycles. The number of carbonyl (C=O) groups excluding carboxylic acids is 2. The lowest BCUT2D eigenvalue weighted by Crippen LogP contribution is -2.40. The zero-order valence-corrected chi connectivity index (χ0v) is 13.8. The van der Waals surface area contributed by atoms with Crippen LogP contribution in [0.25, 0.3) is 6.08 Å². The fourth-order valence-corrected chi connectivity index (χ4v) is 2.49. The number of hydrazine groups is 1. The molecule has 1 fully saturated rings. The number of carbonyl (C=O) groups is 2. The number of nitrogens with one attached hydrogen (secondary N) is 2. The molecule has 24 heavy (non-hydrogen) atoms. The van der Waals surface area contributed by atoms with Gasteiger partial charge in [0.25, 0.3) is 11.8 Å². The maximum atomic E-state index is 11.8. The van der Waals surface area contributed by atoms with E-state index >= 15 is 0 Å². The third-order valence-electron chi connectivity index (χ3n) is 3.93. The van der Waals surface area contributed by atoms with Gasteiger partial charge in [-0.3, -0.25) is 20.4 Å². The molecule has 1 aromatic heterocycles. The number of amides is 2. The number of furan rings is 1. The van der Waals surface area contributed by atoms with Crippen LogP contribution in [0.3, 0.4) is 0 Å². The van der Waals surface area contributed by atoms with Gasteiger partial charge in [0.15, 0.2) is 0 Å². The number of hydrogen-bond donors (Lipinski definition) is 2. The average Bonchev–Trinajstić information content (AvgIpc) is 3.11. The van der Waals surface area contributed by atoms with Gasteiger partial charge in [-0.1, -0.05) is 18.5 Å². The highest BCUT2D eigenvalue weighted by molar-refractivity contribution is 6.30. The van der Waals surface area contributed by atoms with Gasteiger partial charge in [0.1, 0.15) is 11.5 Å². The van der Waals surface area contributed by atoms with E-state index in [1.54, 1.807) is 30.3 Å². The standard InChI is InChI=1S/C18H17ClN2O3/c1-11-10-15(11)16-8-6-14(24-16)7-9-17(22)20-21-18(23)12-2-4-13(19)5-3-12/h2-9,11,15H,10H2,1H3,(H,20,22)(H,21,23)/b9-7+. The Morgan fingerprint density at radius 3 is 2.54 bits per heavy atom. The van der Waals surface area contributed by atoms with Crippen LogP contribution in [0.1, 0.15) is 41.1 Å². The van der Waals surface area contributed by atoms with E-state index in [-0.39, 0.29) is 0 Å². The molecule has 124 valence electrons. The second-order valence-electron chi connectivity index (χ2n) is 5.84. The molecular weight excluding hydrogens is 328 g/mol. The summed E-state index contributed by atoms with van der Waals surface area (Å²) in [5.74, 6) is 1.87. The Labute approximate surface area is 144 Å². The Morgan fingerprint density at radius 2 is 1.88 bits per heavy atom. The zero-order valence-electron chi connectivity index (χ0n) is 13.1. The lowest BCUT2D eigenvalue weighted by Gasteiger charge is -2.05. The van der Waals surface area contributed by atoms with Crippen LogP contribution in [-0.4, -0.2) is 11.8 Å². The van der Waals surface area contributed by atoms with Gasteiger partial charge in [0.05, 0.1) is 0 Å². The smallest absolute Gasteiger partial charge is 0.269 e. The molecule has 2 atom stereocenters. The maximum Gasteiger partial charge on any atom is 0.269 e. The highest BCUT2D eigenvalue weighted by Crippen LogP contribution is 2.47. The van der Waals surface area contributed by atoms with Gasteiger partial charge in [0, 0.05) is 22.6 Å². The van der Waals surface area contributed by atoms with Crippen molar-refractivity contribution in [3.63, 3.8) is 0 Å². The molecule has 1 aromatic carbocycles. The number of hydrogen-bond acceptors (Lipinski definition) is 3. The van der Waals surface area contributed by atoms with E-state index < -0.39 is 11.8 Å². The SMILES string of the molecule is CC1CC1c1ccc(/C=C/C(=O)NNC(=O)c2ccc(Cl)cc2)o1. The third kappa shape index (κ3) is 4.06. The normalized spacial score (nSPS) is 19.2. The monoisotopic (exact) mass is 344 g/mol. The second kappa shape index (κ2) is 6.93. The number of halogens is 1. The lowest BCUT2D eigenvalue weighted by atomic mass is 10.2. The summed E-state index contributed by atoms with van der Waals surface area (Å²) in [6.07, 6.45) is 4.02. The first kappa shape index (κ1) is 16.3. The van der Waals surface area contributed by atoms with Crippen LogP contribution in [0.2, 0.25) is 5.02 Å². The van der Waals surface area contributed by atoms with Crippen molar-refractivity contribution in [2.75, 3.05) is 0 Å². The number of benzene rings is 1. The van der Waals surface area contributed by atoms with E-state index in [1.165, 1.54) is 6.08 Å². The molecule has 0 radical (unpaired) electrons. The summed E-state index contributed by atoms with van der Waals surface area (Å²) in [7, 11) is 0. The summed E-state index contributed by atoms with van der Waals surface area (Å²) in [6, 6.07) is 10.1. The van der Waals surface area contributed by atoms with Crippen molar-refractivity contribution in [1.29, 1.82) is 0 Å². The van der Waals surface area contributed by atoms with Gasteiger partial charge in [-0.2, -0.15) is 0 Å². The van der Waals surface area contributed by atoms with Crippen molar-refractivity contribution >= 4 is 29.5 Å². The molecule has 0 aliphatic heterocycles. The first-order chi connectivity index (χ1) is 11.5. The summed E-state index contributed by atoms with van der Waals surface area (Å²) in [4.78, 5) is 23.6. The summed E-state index contributed by atoms with van der Waals surface area (Å²) < 4.78 is 5.67. The molecule has 0 spiro atoms. The Hall–Kier alpha value is -2.53. The maximum absolute atomic E-state index is 11.8. The summed E-state index contributed by atoms with van der Waals surface area (Å²) in [6.45, 7) is 2.18. The summed E-state index contributed by atoms with van der Waals surface area (Å²) in [5, 5.41) is 0.539. The minimum Gasteiger partial charge on any atom is -0.461 e. The van der Waals surface area contributed by atoms with Gasteiger partial charge in [-0.05, 0) is 54.8 Å². The van der Waals surface area contributed by atoms with Crippen molar-refractivity contribution in [3.8, 4) is 0 Å². The van der Waals surface area contributed by atoms with Crippen molar-refractivity contribution in [3.05, 3.63) is 64.6 Å². The van der Waals surface area contributed by atoms with Gasteiger partial charge in [0.2, 0.25) is 0 Å². The van der Waals surface area contributed by atoms with Gasteiger partial charge in [-0.25, -0.2) is 0 Å². The highest BCUT2D eigenvalue weighted by Gasteiger charge is 2.36. The Kier molecular flexibility index (Phi) is 4.71. The second-order valence-corrected chi connectivity index (χ2v) is 6.28. The Morgan fingerprint density at radius 1 is 1.17 bits per heavy atom. The van der Waals surface area contributed by atoms with Crippen LogP contribution in [-0.2, 0) is 4.79 Å². The molecule has 6 heteroatoms. The zero-order chi connectivity index (χ0) is 17.1. The predicted molar refractivity (Wildman–Crippen MR) is 91.3 cm³/mol. The van der Waals surface area contributed by atoms with Crippen molar-refractivity contribution < 1.29 is 14.0 Å². The van der Waals surface area contributed by atoms with E-state index in [1.807, 2.05) is 12.1 Å². The molecule has 1 heterocycles. The largest absolute Gasteiger partial charge is 0.461 e. The van der Waals surface area contributed by atoms with Crippen LogP contribution in [0, 0.1) is 5.92 Å². The van der Waals surface area contributed by atoms with Gasteiger partial charge < -0.3 is 4.42 Å². The third-order valence-corrected chi connectivity index (χ3v) is 4.18. The first-order valence-electron chi connectivity index (χ1n) is 7.66. The Balaban J connectivity index is 1.49. The van der Waals surface area contributed by atoms with Crippen molar-refractivity contribution in [2.45, 2.75) is 19.3 Å². The molecule has 2 unspecified atom stereocenters. The van der Waals surface area contributed by atoms with Crippen molar-refractivity contribution in [2.24, 2.45) is 5.92 Å². The molecule has 0 bridgehead atoms. The summed E-state index contributed by atoms with van der Waals surface area (Å²) in [5.41, 5.74) is 5.05. The molecule has 1 aliphatic rings. The molecular formula is C18H17ClN2O3. The molecule has 3 rings (SSSR count). The fraction of sp³-hybridized carbons (Fsp3) is 0.222. The van der Waals surface area contributed by atoms with Crippen LogP contribution in [0.15, 0.2) is 46.9 Å². The minimum atomic E-state index is -0.449. The number of rotatable bonds is 4. The van der Waals surface area contributed by atoms with Crippen LogP contribution >= 0.6 is 11.6 Å². The Bertz CT molecular complexity index is 780. The van der Waals surface area contributed by atoms with E-state index in [0.717, 1.165) is 12.2 Å². The molecule has 2 aromatic rings. The highest BCUT2D eigenvalue weighted by atomic mass is 35.5.